The van der Waals surface area contributed by atoms with Crippen LogP contribution in [0, 0.1) is 19.8 Å². The van der Waals surface area contributed by atoms with Gasteiger partial charge in [-0.25, -0.2) is 0 Å². The number of fused-ring (bicyclic) bond motifs is 1. The molecule has 1 aromatic carbocycles. The van der Waals surface area contributed by atoms with Gasteiger partial charge in [0.05, 0.1) is 31.2 Å². The van der Waals surface area contributed by atoms with E-state index in [-0.39, 0.29) is 48.8 Å². The van der Waals surface area contributed by atoms with Gasteiger partial charge in [-0.05, 0) is 51.7 Å². The Balaban J connectivity index is 1.64. The molecule has 0 bridgehead atoms. The highest BCUT2D eigenvalue weighted by atomic mass is 19.4. The van der Waals surface area contributed by atoms with Gasteiger partial charge in [0.15, 0.2) is 0 Å². The number of para-hydroxylation sites is 1. The van der Waals surface area contributed by atoms with Gasteiger partial charge in [-0.15, -0.1) is 0 Å². The van der Waals surface area contributed by atoms with Crippen molar-refractivity contribution in [2.24, 2.45) is 5.92 Å². The summed E-state index contributed by atoms with van der Waals surface area (Å²) in [7, 11) is 1.46. The lowest BCUT2D eigenvalue weighted by Gasteiger charge is -2.42. The number of carbonyl (C=O) groups excluding carboxylic acids is 2. The van der Waals surface area contributed by atoms with E-state index < -0.39 is 18.6 Å². The standard InChI is InChI=1S/C29H35F3N4O4/c1-16-12-25(40-5)23(27(38)34-16)15-33-28(39)26-18(3)36(24-9-7-6-8-22(24)26)17(2)20-10-11-35(19(4)37)21(13-20)14-29(30,31)32/h6-9,12,17,20-21H,10-11,13-15H2,1-5H3,(H,33,39)(H,34,38). The van der Waals surface area contributed by atoms with Gasteiger partial charge in [-0.1, -0.05) is 18.2 Å². The van der Waals surface area contributed by atoms with Crippen LogP contribution in [-0.4, -0.2) is 52.1 Å². The maximum atomic E-state index is 13.5. The third kappa shape index (κ3) is 5.88. The smallest absolute Gasteiger partial charge is 0.391 e. The van der Waals surface area contributed by atoms with Crippen molar-refractivity contribution in [1.29, 1.82) is 0 Å². The summed E-state index contributed by atoms with van der Waals surface area (Å²) in [5.74, 6) is -0.489. The highest BCUT2D eigenvalue weighted by Crippen LogP contribution is 2.39. The molecule has 2 amide bonds. The number of carbonyl (C=O) groups is 2. The lowest BCUT2D eigenvalue weighted by atomic mass is 9.84. The number of ether oxygens (including phenoxy) is 1. The second-order valence-electron chi connectivity index (χ2n) is 10.6. The zero-order valence-electron chi connectivity index (χ0n) is 23.3. The predicted molar refractivity (Wildman–Crippen MR) is 145 cm³/mol. The van der Waals surface area contributed by atoms with Crippen LogP contribution in [0.5, 0.6) is 5.75 Å². The Morgan fingerprint density at radius 3 is 2.58 bits per heavy atom. The van der Waals surface area contributed by atoms with Crippen molar-refractivity contribution in [3.05, 3.63) is 63.2 Å². The van der Waals surface area contributed by atoms with E-state index in [4.69, 9.17) is 4.74 Å². The van der Waals surface area contributed by atoms with Crippen molar-refractivity contribution in [3.63, 3.8) is 0 Å². The van der Waals surface area contributed by atoms with Gasteiger partial charge in [0, 0.05) is 47.8 Å². The minimum Gasteiger partial charge on any atom is -0.496 e. The van der Waals surface area contributed by atoms with E-state index in [1.165, 1.54) is 18.9 Å². The van der Waals surface area contributed by atoms with Crippen molar-refractivity contribution in [1.82, 2.24) is 19.8 Å². The first kappa shape index (κ1) is 29.2. The molecular formula is C29H35F3N4O4. The number of pyridine rings is 1. The van der Waals surface area contributed by atoms with Crippen molar-refractivity contribution < 1.29 is 27.5 Å². The number of nitrogens with zero attached hydrogens (tertiary/aromatic N) is 2. The molecule has 40 heavy (non-hydrogen) atoms. The molecule has 4 rings (SSSR count). The normalized spacial score (nSPS) is 18.6. The molecule has 216 valence electrons. The first-order valence-electron chi connectivity index (χ1n) is 13.3. The summed E-state index contributed by atoms with van der Waals surface area (Å²) >= 11 is 0. The van der Waals surface area contributed by atoms with Gasteiger partial charge in [-0.2, -0.15) is 13.2 Å². The van der Waals surface area contributed by atoms with Gasteiger partial charge in [0.25, 0.3) is 11.5 Å². The number of benzene rings is 1. The maximum absolute atomic E-state index is 13.5. The summed E-state index contributed by atoms with van der Waals surface area (Å²) in [5.41, 5.74) is 2.50. The number of alkyl halides is 3. The Morgan fingerprint density at radius 2 is 1.93 bits per heavy atom. The molecule has 3 aromatic rings. The lowest BCUT2D eigenvalue weighted by molar-refractivity contribution is -0.158. The van der Waals surface area contributed by atoms with Crippen LogP contribution >= 0.6 is 0 Å². The fourth-order valence-electron chi connectivity index (χ4n) is 6.10. The second kappa shape index (κ2) is 11.4. The number of aromatic nitrogens is 2. The number of hydrogen-bond donors (Lipinski definition) is 2. The molecule has 0 radical (unpaired) electrons. The van der Waals surface area contributed by atoms with Crippen molar-refractivity contribution >= 4 is 22.7 Å². The van der Waals surface area contributed by atoms with Crippen LogP contribution in [-0.2, 0) is 11.3 Å². The molecule has 1 aliphatic rings. The molecule has 8 nitrogen and oxygen atoms in total. The van der Waals surface area contributed by atoms with E-state index >= 15 is 0 Å². The summed E-state index contributed by atoms with van der Waals surface area (Å²) < 4.78 is 47.4. The van der Waals surface area contributed by atoms with Crippen LogP contribution in [0.1, 0.15) is 66.5 Å². The molecule has 2 N–H and O–H groups in total. The van der Waals surface area contributed by atoms with Crippen LogP contribution in [0.15, 0.2) is 35.1 Å². The molecule has 0 aliphatic carbocycles. The molecule has 3 unspecified atom stereocenters. The molecule has 1 aliphatic heterocycles. The van der Waals surface area contributed by atoms with E-state index in [0.717, 1.165) is 5.52 Å². The summed E-state index contributed by atoms with van der Waals surface area (Å²) in [4.78, 5) is 42.1. The Labute approximate surface area is 230 Å². The Hall–Kier alpha value is -3.76. The Morgan fingerprint density at radius 1 is 1.23 bits per heavy atom. The topological polar surface area (TPSA) is 96.4 Å². The maximum Gasteiger partial charge on any atom is 0.391 e. The molecule has 2 aromatic heterocycles. The average Bonchev–Trinajstić information content (AvgIpc) is 3.17. The van der Waals surface area contributed by atoms with E-state index in [9.17, 15) is 27.6 Å². The van der Waals surface area contributed by atoms with Crippen LogP contribution < -0.4 is 15.6 Å². The highest BCUT2D eigenvalue weighted by molar-refractivity contribution is 6.08. The number of piperidine rings is 1. The fourth-order valence-corrected chi connectivity index (χ4v) is 6.10. The zero-order valence-corrected chi connectivity index (χ0v) is 23.3. The lowest BCUT2D eigenvalue weighted by Crippen LogP contribution is -2.48. The van der Waals surface area contributed by atoms with Gasteiger partial charge in [-0.3, -0.25) is 14.4 Å². The molecule has 3 heterocycles. The van der Waals surface area contributed by atoms with Gasteiger partial charge in [0.2, 0.25) is 5.91 Å². The molecule has 1 fully saturated rings. The first-order valence-corrected chi connectivity index (χ1v) is 13.3. The zero-order chi connectivity index (χ0) is 29.4. The quantitative estimate of drug-likeness (QED) is 0.424. The van der Waals surface area contributed by atoms with E-state index in [1.54, 1.807) is 13.0 Å². The van der Waals surface area contributed by atoms with Crippen LogP contribution in [0.25, 0.3) is 10.9 Å². The van der Waals surface area contributed by atoms with Crippen molar-refractivity contribution in [2.45, 2.75) is 71.8 Å². The van der Waals surface area contributed by atoms with E-state index in [0.29, 0.717) is 40.1 Å². The predicted octanol–water partition coefficient (Wildman–Crippen LogP) is 5.03. The summed E-state index contributed by atoms with van der Waals surface area (Å²) in [6, 6.07) is 7.94. The number of amides is 2. The van der Waals surface area contributed by atoms with Gasteiger partial charge >= 0.3 is 6.18 Å². The first-order chi connectivity index (χ1) is 18.8. The minimum atomic E-state index is -4.38. The van der Waals surface area contributed by atoms with Crippen LogP contribution in [0.4, 0.5) is 13.2 Å². The minimum absolute atomic E-state index is 0.0469. The van der Waals surface area contributed by atoms with Gasteiger partial charge in [0.1, 0.15) is 5.75 Å². The Kier molecular flexibility index (Phi) is 8.32. The fraction of sp³-hybridized carbons (Fsp3) is 0.483. The van der Waals surface area contributed by atoms with Crippen molar-refractivity contribution in [2.75, 3.05) is 13.7 Å². The number of hydrogen-bond acceptors (Lipinski definition) is 4. The third-order valence-corrected chi connectivity index (χ3v) is 7.98. The van der Waals surface area contributed by atoms with Crippen LogP contribution in [0.3, 0.4) is 0 Å². The number of nitrogens with one attached hydrogen (secondary N) is 2. The molecule has 0 spiro atoms. The molecular weight excluding hydrogens is 525 g/mol. The summed E-state index contributed by atoms with van der Waals surface area (Å²) in [6.45, 7) is 7.03. The SMILES string of the molecule is COc1cc(C)[nH]c(=O)c1CNC(=O)c1c(C)n(C(C)C2CCN(C(C)=O)C(CC(F)(F)F)C2)c2ccccc12. The number of H-pyrrole nitrogens is 1. The van der Waals surface area contributed by atoms with Crippen molar-refractivity contribution in [3.8, 4) is 5.75 Å². The average molecular weight is 561 g/mol. The van der Waals surface area contributed by atoms with Gasteiger partial charge < -0.3 is 24.5 Å². The molecule has 1 saturated heterocycles. The second-order valence-corrected chi connectivity index (χ2v) is 10.6. The van der Waals surface area contributed by atoms with E-state index in [2.05, 4.69) is 10.3 Å². The van der Waals surface area contributed by atoms with E-state index in [1.807, 2.05) is 42.7 Å². The molecule has 11 heteroatoms. The number of halogens is 3. The number of likely N-dealkylation sites (tertiary alicyclic amines) is 1. The third-order valence-electron chi connectivity index (χ3n) is 7.98. The largest absolute Gasteiger partial charge is 0.496 e. The summed E-state index contributed by atoms with van der Waals surface area (Å²) in [6.07, 6.45) is -4.66. The summed E-state index contributed by atoms with van der Waals surface area (Å²) in [5, 5.41) is 3.56. The highest BCUT2D eigenvalue weighted by Gasteiger charge is 2.41. The Bertz CT molecular complexity index is 1480. The monoisotopic (exact) mass is 560 g/mol. The van der Waals surface area contributed by atoms with Crippen LogP contribution in [0.2, 0.25) is 0 Å². The number of aromatic amines is 1. The number of aryl methyl sites for hydroxylation is 1. The molecule has 0 saturated carbocycles. The number of rotatable bonds is 7. The molecule has 3 atom stereocenters. The number of methoxy groups -OCH3 is 1.